The highest BCUT2D eigenvalue weighted by atomic mass is 79.9. The van der Waals surface area contributed by atoms with Gasteiger partial charge in [-0.2, -0.15) is 0 Å². The zero-order valence-electron chi connectivity index (χ0n) is 11.9. The van der Waals surface area contributed by atoms with Crippen LogP contribution in [0.1, 0.15) is 36.7 Å². The van der Waals surface area contributed by atoms with Crippen LogP contribution in [0.15, 0.2) is 41.1 Å². The van der Waals surface area contributed by atoms with Crippen LogP contribution in [0.25, 0.3) is 0 Å². The van der Waals surface area contributed by atoms with Gasteiger partial charge in [-0.3, -0.25) is 4.79 Å². The molecular formula is C16H18BrN3O. The van der Waals surface area contributed by atoms with E-state index in [9.17, 15) is 4.79 Å². The van der Waals surface area contributed by atoms with E-state index in [4.69, 9.17) is 0 Å². The summed E-state index contributed by atoms with van der Waals surface area (Å²) >= 11 is 3.44. The number of carbonyl (C=O) groups is 1. The number of amides is 1. The van der Waals surface area contributed by atoms with E-state index in [2.05, 4.69) is 26.2 Å². The Kier molecular flexibility index (Phi) is 4.10. The molecule has 0 saturated heterocycles. The number of nitrogens with zero attached hydrogens (tertiary/aromatic N) is 2. The van der Waals surface area contributed by atoms with Crippen LogP contribution in [0, 0.1) is 5.92 Å². The monoisotopic (exact) mass is 347 g/mol. The number of aryl methyl sites for hydroxylation is 1. The second-order valence-electron chi connectivity index (χ2n) is 5.52. The first kappa shape index (κ1) is 14.3. The number of halogens is 1. The summed E-state index contributed by atoms with van der Waals surface area (Å²) in [5, 5.41) is 3.16. The second kappa shape index (κ2) is 6.02. The summed E-state index contributed by atoms with van der Waals surface area (Å²) in [6, 6.07) is 7.81. The van der Waals surface area contributed by atoms with Crippen molar-refractivity contribution in [3.63, 3.8) is 0 Å². The molecule has 2 aromatic rings. The number of imidazole rings is 1. The van der Waals surface area contributed by atoms with Crippen LogP contribution >= 0.6 is 15.9 Å². The van der Waals surface area contributed by atoms with Gasteiger partial charge in [0.15, 0.2) is 0 Å². The molecule has 0 aliphatic heterocycles. The van der Waals surface area contributed by atoms with Crippen molar-refractivity contribution >= 4 is 21.8 Å². The number of rotatable bonds is 4. The highest BCUT2D eigenvalue weighted by Crippen LogP contribution is 2.29. The molecule has 3 rings (SSSR count). The molecule has 1 unspecified atom stereocenters. The minimum absolute atomic E-state index is 0.136. The van der Waals surface area contributed by atoms with Gasteiger partial charge in [-0.15, -0.1) is 0 Å². The van der Waals surface area contributed by atoms with E-state index in [0.717, 1.165) is 35.1 Å². The molecule has 4 nitrogen and oxygen atoms in total. The van der Waals surface area contributed by atoms with Gasteiger partial charge in [0.2, 0.25) is 5.91 Å². The molecule has 21 heavy (non-hydrogen) atoms. The fourth-order valence-corrected chi connectivity index (χ4v) is 2.80. The molecule has 0 radical (unpaired) electrons. The molecule has 1 aliphatic rings. The number of aromatic nitrogens is 2. The Morgan fingerprint density at radius 1 is 1.38 bits per heavy atom. The van der Waals surface area contributed by atoms with Crippen molar-refractivity contribution in [1.82, 2.24) is 14.9 Å². The van der Waals surface area contributed by atoms with Crippen molar-refractivity contribution in [2.24, 2.45) is 13.0 Å². The molecule has 1 aromatic heterocycles. The molecule has 1 amide bonds. The Morgan fingerprint density at radius 3 is 2.62 bits per heavy atom. The number of nitrogens with one attached hydrogen (secondary N) is 1. The fraction of sp³-hybridized carbons (Fsp3) is 0.375. The van der Waals surface area contributed by atoms with Crippen LogP contribution in [0.5, 0.6) is 0 Å². The van der Waals surface area contributed by atoms with Crippen LogP contribution in [-0.4, -0.2) is 15.5 Å². The van der Waals surface area contributed by atoms with Crippen molar-refractivity contribution in [1.29, 1.82) is 0 Å². The maximum Gasteiger partial charge on any atom is 0.223 e. The topological polar surface area (TPSA) is 46.9 Å². The SMILES string of the molecule is Cn1ccnc1C(NC(=O)C1CCC1)c1ccc(Br)cc1. The minimum atomic E-state index is -0.203. The molecule has 1 atom stereocenters. The third kappa shape index (κ3) is 3.02. The van der Waals surface area contributed by atoms with Gasteiger partial charge in [-0.25, -0.2) is 4.98 Å². The zero-order chi connectivity index (χ0) is 14.8. The van der Waals surface area contributed by atoms with Gasteiger partial charge in [0.25, 0.3) is 0 Å². The fourth-order valence-electron chi connectivity index (χ4n) is 2.54. The quantitative estimate of drug-likeness (QED) is 0.923. The lowest BCUT2D eigenvalue weighted by Gasteiger charge is -2.27. The van der Waals surface area contributed by atoms with Gasteiger partial charge in [-0.05, 0) is 30.5 Å². The van der Waals surface area contributed by atoms with Gasteiger partial charge >= 0.3 is 0 Å². The predicted octanol–water partition coefficient (Wildman–Crippen LogP) is 3.19. The number of benzene rings is 1. The third-order valence-electron chi connectivity index (χ3n) is 4.08. The van der Waals surface area contributed by atoms with E-state index in [1.54, 1.807) is 6.20 Å². The van der Waals surface area contributed by atoms with Gasteiger partial charge in [0.05, 0.1) is 0 Å². The molecule has 1 saturated carbocycles. The Morgan fingerprint density at radius 2 is 2.10 bits per heavy atom. The largest absolute Gasteiger partial charge is 0.342 e. The summed E-state index contributed by atoms with van der Waals surface area (Å²) < 4.78 is 2.98. The Labute approximate surface area is 132 Å². The lowest BCUT2D eigenvalue weighted by atomic mass is 9.84. The lowest BCUT2D eigenvalue weighted by Crippen LogP contribution is -2.38. The summed E-state index contributed by atoms with van der Waals surface area (Å²) in [7, 11) is 1.95. The molecule has 0 spiro atoms. The molecule has 1 aromatic carbocycles. The van der Waals surface area contributed by atoms with E-state index < -0.39 is 0 Å². The van der Waals surface area contributed by atoms with Crippen molar-refractivity contribution in [3.8, 4) is 0 Å². The van der Waals surface area contributed by atoms with Crippen molar-refractivity contribution in [2.75, 3.05) is 0 Å². The van der Waals surface area contributed by atoms with Gasteiger partial charge < -0.3 is 9.88 Å². The normalized spacial score (nSPS) is 16.3. The second-order valence-corrected chi connectivity index (χ2v) is 6.43. The maximum atomic E-state index is 12.3. The van der Waals surface area contributed by atoms with E-state index in [-0.39, 0.29) is 17.9 Å². The molecule has 1 heterocycles. The standard InChI is InChI=1S/C16H18BrN3O/c1-20-10-9-18-15(20)14(11-5-7-13(17)8-6-11)19-16(21)12-3-2-4-12/h5-10,12,14H,2-4H2,1H3,(H,19,21). The summed E-state index contributed by atoms with van der Waals surface area (Å²) in [5.74, 6) is 1.16. The lowest BCUT2D eigenvalue weighted by molar-refractivity contribution is -0.127. The Balaban J connectivity index is 1.89. The van der Waals surface area contributed by atoms with Gasteiger partial charge in [0, 0.05) is 29.8 Å². The van der Waals surface area contributed by atoms with E-state index in [1.807, 2.05) is 42.1 Å². The first-order chi connectivity index (χ1) is 10.1. The number of hydrogen-bond acceptors (Lipinski definition) is 2. The van der Waals surface area contributed by atoms with Crippen LogP contribution in [0.2, 0.25) is 0 Å². The molecular weight excluding hydrogens is 330 g/mol. The highest BCUT2D eigenvalue weighted by Gasteiger charge is 2.29. The van der Waals surface area contributed by atoms with Crippen LogP contribution in [-0.2, 0) is 11.8 Å². The van der Waals surface area contributed by atoms with E-state index in [0.29, 0.717) is 0 Å². The Hall–Kier alpha value is -1.62. The van der Waals surface area contributed by atoms with Crippen LogP contribution in [0.3, 0.4) is 0 Å². The number of hydrogen-bond donors (Lipinski definition) is 1. The van der Waals surface area contributed by atoms with Crippen LogP contribution < -0.4 is 5.32 Å². The first-order valence-corrected chi connectivity index (χ1v) is 7.97. The summed E-state index contributed by atoms with van der Waals surface area (Å²) in [6.45, 7) is 0. The molecule has 110 valence electrons. The predicted molar refractivity (Wildman–Crippen MR) is 84.7 cm³/mol. The molecule has 1 aliphatic carbocycles. The molecule has 0 bridgehead atoms. The third-order valence-corrected chi connectivity index (χ3v) is 4.61. The van der Waals surface area contributed by atoms with Crippen molar-refractivity contribution < 1.29 is 4.79 Å². The zero-order valence-corrected chi connectivity index (χ0v) is 13.5. The van der Waals surface area contributed by atoms with Gasteiger partial charge in [0.1, 0.15) is 11.9 Å². The Bertz CT molecular complexity index is 631. The summed E-state index contributed by atoms with van der Waals surface area (Å²) in [4.78, 5) is 16.7. The summed E-state index contributed by atoms with van der Waals surface area (Å²) in [6.07, 6.45) is 6.82. The molecule has 5 heteroatoms. The summed E-state index contributed by atoms with van der Waals surface area (Å²) in [5.41, 5.74) is 1.04. The number of carbonyl (C=O) groups excluding carboxylic acids is 1. The smallest absolute Gasteiger partial charge is 0.223 e. The van der Waals surface area contributed by atoms with E-state index in [1.165, 1.54) is 0 Å². The first-order valence-electron chi connectivity index (χ1n) is 7.18. The van der Waals surface area contributed by atoms with Gasteiger partial charge in [-0.1, -0.05) is 34.5 Å². The van der Waals surface area contributed by atoms with Crippen molar-refractivity contribution in [2.45, 2.75) is 25.3 Å². The minimum Gasteiger partial charge on any atom is -0.342 e. The molecule has 1 fully saturated rings. The highest BCUT2D eigenvalue weighted by molar-refractivity contribution is 9.10. The van der Waals surface area contributed by atoms with Crippen LogP contribution in [0.4, 0.5) is 0 Å². The van der Waals surface area contributed by atoms with Crippen molar-refractivity contribution in [3.05, 3.63) is 52.5 Å². The molecule has 1 N–H and O–H groups in total. The average molecular weight is 348 g/mol. The maximum absolute atomic E-state index is 12.3. The van der Waals surface area contributed by atoms with E-state index >= 15 is 0 Å². The average Bonchev–Trinajstić information content (AvgIpc) is 2.81.